The second-order valence-corrected chi connectivity index (χ2v) is 5.74. The van der Waals surface area contributed by atoms with Crippen LogP contribution in [0.25, 0.3) is 0 Å². The van der Waals surface area contributed by atoms with Gasteiger partial charge in [-0.1, -0.05) is 17.7 Å². The van der Waals surface area contributed by atoms with Gasteiger partial charge in [0.2, 0.25) is 0 Å². The number of hydrogen-bond acceptors (Lipinski definition) is 3. The van der Waals surface area contributed by atoms with E-state index in [2.05, 4.69) is 54.2 Å². The van der Waals surface area contributed by atoms with Crippen molar-refractivity contribution in [1.82, 2.24) is 9.80 Å². The molecule has 1 heterocycles. The van der Waals surface area contributed by atoms with Crippen molar-refractivity contribution in [3.8, 4) is 0 Å². The summed E-state index contributed by atoms with van der Waals surface area (Å²) in [5.74, 6) is 0. The third kappa shape index (κ3) is 4.51. The standard InChI is InChI=1S/C16H27N3/c1-14-5-6-16(15(2)13-14)17-7-4-8-19-11-9-18(3)10-12-19/h5-6,13,17H,4,7-12H2,1-3H3. The molecule has 0 saturated carbocycles. The Hall–Kier alpha value is -1.06. The average molecular weight is 261 g/mol. The zero-order valence-corrected chi connectivity index (χ0v) is 12.6. The Kier molecular flexibility index (Phi) is 5.23. The van der Waals surface area contributed by atoms with Gasteiger partial charge in [-0.15, -0.1) is 0 Å². The molecule has 0 atom stereocenters. The average Bonchev–Trinajstić information content (AvgIpc) is 2.39. The molecule has 0 unspecified atom stereocenters. The van der Waals surface area contributed by atoms with Gasteiger partial charge in [0, 0.05) is 38.4 Å². The molecule has 1 aromatic rings. The van der Waals surface area contributed by atoms with E-state index in [1.54, 1.807) is 0 Å². The third-order valence-corrected chi connectivity index (χ3v) is 3.94. The van der Waals surface area contributed by atoms with Crippen molar-refractivity contribution in [2.45, 2.75) is 20.3 Å². The molecule has 3 nitrogen and oxygen atoms in total. The van der Waals surface area contributed by atoms with Crippen LogP contribution in [0.1, 0.15) is 17.5 Å². The number of benzene rings is 1. The second-order valence-electron chi connectivity index (χ2n) is 5.74. The summed E-state index contributed by atoms with van der Waals surface area (Å²) in [6.07, 6.45) is 1.22. The molecule has 106 valence electrons. The van der Waals surface area contributed by atoms with Gasteiger partial charge < -0.3 is 15.1 Å². The van der Waals surface area contributed by atoms with Crippen molar-refractivity contribution in [3.05, 3.63) is 29.3 Å². The van der Waals surface area contributed by atoms with E-state index in [9.17, 15) is 0 Å². The molecule has 1 aromatic carbocycles. The van der Waals surface area contributed by atoms with Crippen molar-refractivity contribution in [2.75, 3.05) is 51.6 Å². The van der Waals surface area contributed by atoms with Gasteiger partial charge in [-0.05, 0) is 45.5 Å². The van der Waals surface area contributed by atoms with Crippen molar-refractivity contribution in [3.63, 3.8) is 0 Å². The molecule has 1 aliphatic heterocycles. The minimum absolute atomic E-state index is 1.07. The Morgan fingerprint density at radius 1 is 1.11 bits per heavy atom. The van der Waals surface area contributed by atoms with E-state index >= 15 is 0 Å². The van der Waals surface area contributed by atoms with Gasteiger partial charge in [0.1, 0.15) is 0 Å². The third-order valence-electron chi connectivity index (χ3n) is 3.94. The first-order valence-electron chi connectivity index (χ1n) is 7.37. The monoisotopic (exact) mass is 261 g/mol. The first-order valence-corrected chi connectivity index (χ1v) is 7.37. The SMILES string of the molecule is Cc1ccc(NCCCN2CCN(C)CC2)c(C)c1. The van der Waals surface area contributed by atoms with Crippen molar-refractivity contribution in [2.24, 2.45) is 0 Å². The van der Waals surface area contributed by atoms with E-state index in [1.807, 2.05) is 0 Å². The van der Waals surface area contributed by atoms with Crippen LogP contribution in [-0.2, 0) is 0 Å². The molecule has 0 aromatic heterocycles. The molecule has 0 radical (unpaired) electrons. The molecule has 19 heavy (non-hydrogen) atoms. The van der Waals surface area contributed by atoms with Gasteiger partial charge in [0.15, 0.2) is 0 Å². The lowest BCUT2D eigenvalue weighted by Gasteiger charge is -2.32. The smallest absolute Gasteiger partial charge is 0.0370 e. The number of piperazine rings is 1. The fraction of sp³-hybridized carbons (Fsp3) is 0.625. The molecule has 1 N–H and O–H groups in total. The summed E-state index contributed by atoms with van der Waals surface area (Å²) in [5.41, 5.74) is 3.96. The van der Waals surface area contributed by atoms with E-state index in [-0.39, 0.29) is 0 Å². The number of nitrogens with one attached hydrogen (secondary N) is 1. The van der Waals surface area contributed by atoms with Gasteiger partial charge >= 0.3 is 0 Å². The second kappa shape index (κ2) is 6.92. The zero-order chi connectivity index (χ0) is 13.7. The van der Waals surface area contributed by atoms with Crippen LogP contribution in [0.2, 0.25) is 0 Å². The first kappa shape index (κ1) is 14.4. The number of hydrogen-bond donors (Lipinski definition) is 1. The van der Waals surface area contributed by atoms with Gasteiger partial charge in [-0.3, -0.25) is 0 Å². The quantitative estimate of drug-likeness (QED) is 0.821. The van der Waals surface area contributed by atoms with Gasteiger partial charge in [-0.2, -0.15) is 0 Å². The Bertz CT molecular complexity index is 395. The number of likely N-dealkylation sites (N-methyl/N-ethyl adjacent to an activating group) is 1. The van der Waals surface area contributed by atoms with Crippen molar-refractivity contribution in [1.29, 1.82) is 0 Å². The van der Waals surface area contributed by atoms with Crippen LogP contribution in [0.15, 0.2) is 18.2 Å². The Labute approximate surface area is 117 Å². The highest BCUT2D eigenvalue weighted by Crippen LogP contribution is 2.15. The number of aryl methyl sites for hydroxylation is 2. The lowest BCUT2D eigenvalue weighted by molar-refractivity contribution is 0.154. The fourth-order valence-electron chi connectivity index (χ4n) is 2.61. The maximum Gasteiger partial charge on any atom is 0.0370 e. The van der Waals surface area contributed by atoms with Gasteiger partial charge in [0.25, 0.3) is 0 Å². The molecule has 0 bridgehead atoms. The normalized spacial score (nSPS) is 17.6. The zero-order valence-electron chi connectivity index (χ0n) is 12.6. The van der Waals surface area contributed by atoms with Crippen LogP contribution >= 0.6 is 0 Å². The van der Waals surface area contributed by atoms with Crippen molar-refractivity contribution >= 4 is 5.69 Å². The van der Waals surface area contributed by atoms with E-state index in [1.165, 1.54) is 56.0 Å². The van der Waals surface area contributed by atoms with Crippen LogP contribution in [0.5, 0.6) is 0 Å². The molecule has 3 heteroatoms. The van der Waals surface area contributed by atoms with Crippen LogP contribution in [-0.4, -0.2) is 56.1 Å². The van der Waals surface area contributed by atoms with Crippen LogP contribution in [0, 0.1) is 13.8 Å². The number of nitrogens with zero attached hydrogens (tertiary/aromatic N) is 2. The Morgan fingerprint density at radius 3 is 2.53 bits per heavy atom. The predicted molar refractivity (Wildman–Crippen MR) is 83.0 cm³/mol. The number of anilines is 1. The highest BCUT2D eigenvalue weighted by molar-refractivity contribution is 5.51. The molecule has 2 rings (SSSR count). The van der Waals surface area contributed by atoms with Gasteiger partial charge in [0.05, 0.1) is 0 Å². The summed E-state index contributed by atoms with van der Waals surface area (Å²) in [4.78, 5) is 4.98. The molecular formula is C16H27N3. The molecular weight excluding hydrogens is 234 g/mol. The summed E-state index contributed by atoms with van der Waals surface area (Å²) < 4.78 is 0. The maximum absolute atomic E-state index is 3.55. The Balaban J connectivity index is 1.66. The summed E-state index contributed by atoms with van der Waals surface area (Å²) in [6.45, 7) is 11.5. The predicted octanol–water partition coefficient (Wildman–Crippen LogP) is 2.35. The highest BCUT2D eigenvalue weighted by atomic mass is 15.2. The summed E-state index contributed by atoms with van der Waals surface area (Å²) in [7, 11) is 2.21. The van der Waals surface area contributed by atoms with Crippen LogP contribution in [0.4, 0.5) is 5.69 Å². The van der Waals surface area contributed by atoms with Crippen LogP contribution < -0.4 is 5.32 Å². The molecule has 0 spiro atoms. The van der Waals surface area contributed by atoms with Crippen LogP contribution in [0.3, 0.4) is 0 Å². The lowest BCUT2D eigenvalue weighted by Crippen LogP contribution is -2.44. The Morgan fingerprint density at radius 2 is 1.84 bits per heavy atom. The van der Waals surface area contributed by atoms with E-state index in [0.29, 0.717) is 0 Å². The largest absolute Gasteiger partial charge is 0.385 e. The number of rotatable bonds is 5. The molecule has 1 fully saturated rings. The van der Waals surface area contributed by atoms with E-state index in [4.69, 9.17) is 0 Å². The van der Waals surface area contributed by atoms with Gasteiger partial charge in [-0.25, -0.2) is 0 Å². The fourth-order valence-corrected chi connectivity index (χ4v) is 2.61. The summed E-state index contributed by atoms with van der Waals surface area (Å²) in [6, 6.07) is 6.61. The molecule has 1 aliphatic rings. The van der Waals surface area contributed by atoms with E-state index in [0.717, 1.165) is 6.54 Å². The van der Waals surface area contributed by atoms with Crippen molar-refractivity contribution < 1.29 is 0 Å². The highest BCUT2D eigenvalue weighted by Gasteiger charge is 2.12. The summed E-state index contributed by atoms with van der Waals surface area (Å²) >= 11 is 0. The topological polar surface area (TPSA) is 18.5 Å². The molecule has 1 saturated heterocycles. The minimum atomic E-state index is 1.07. The minimum Gasteiger partial charge on any atom is -0.385 e. The molecule has 0 aliphatic carbocycles. The maximum atomic E-state index is 3.55. The first-order chi connectivity index (χ1) is 9.15. The lowest BCUT2D eigenvalue weighted by atomic mass is 10.1. The summed E-state index contributed by atoms with van der Waals surface area (Å²) in [5, 5.41) is 3.55. The molecule has 0 amide bonds. The van der Waals surface area contributed by atoms with E-state index < -0.39 is 0 Å².